The van der Waals surface area contributed by atoms with Gasteiger partial charge in [-0.3, -0.25) is 0 Å². The summed E-state index contributed by atoms with van der Waals surface area (Å²) in [5.41, 5.74) is 1.54. The first-order chi connectivity index (χ1) is 12.2. The molecule has 1 rings (SSSR count). The first-order valence-corrected chi connectivity index (χ1v) is 10.6. The summed E-state index contributed by atoms with van der Waals surface area (Å²) in [6, 6.07) is 8.67. The van der Waals surface area contributed by atoms with Gasteiger partial charge in [-0.15, -0.1) is 0 Å². The topological polar surface area (TPSA) is 18.5 Å². The van der Waals surface area contributed by atoms with Crippen LogP contribution in [0.15, 0.2) is 24.3 Å². The Morgan fingerprint density at radius 3 is 1.78 bits per heavy atom. The molecule has 27 heavy (non-hydrogen) atoms. The predicted octanol–water partition coefficient (Wildman–Crippen LogP) is 7.54. The summed E-state index contributed by atoms with van der Waals surface area (Å²) in [5.74, 6) is 0.933. The molecule has 0 saturated carbocycles. The van der Waals surface area contributed by atoms with Crippen LogP contribution in [0.2, 0.25) is 0 Å². The van der Waals surface area contributed by atoms with Crippen molar-refractivity contribution in [2.45, 2.75) is 112 Å². The van der Waals surface area contributed by atoms with Gasteiger partial charge < -0.3 is 9.47 Å². The van der Waals surface area contributed by atoms with E-state index in [1.54, 1.807) is 0 Å². The zero-order chi connectivity index (χ0) is 20.9. The number of hydrogen-bond acceptors (Lipinski definition) is 2. The molecule has 0 aliphatic heterocycles. The highest BCUT2D eigenvalue weighted by Crippen LogP contribution is 2.37. The Hall–Kier alpha value is -1.02. The second-order valence-corrected chi connectivity index (χ2v) is 11.1. The van der Waals surface area contributed by atoms with Crippen molar-refractivity contribution in [1.29, 1.82) is 0 Å². The Morgan fingerprint density at radius 2 is 1.30 bits per heavy atom. The van der Waals surface area contributed by atoms with Crippen LogP contribution in [0.25, 0.3) is 0 Å². The molecule has 0 fully saturated rings. The molecule has 0 aliphatic rings. The summed E-state index contributed by atoms with van der Waals surface area (Å²) in [6.45, 7) is 23.1. The maximum Gasteiger partial charge on any atom is 0.120 e. The fourth-order valence-electron chi connectivity index (χ4n) is 4.02. The highest BCUT2D eigenvalue weighted by atomic mass is 16.5. The van der Waals surface area contributed by atoms with Crippen molar-refractivity contribution in [3.63, 3.8) is 0 Å². The van der Waals surface area contributed by atoms with Gasteiger partial charge in [0.25, 0.3) is 0 Å². The van der Waals surface area contributed by atoms with Gasteiger partial charge in [0.1, 0.15) is 11.4 Å². The molecule has 0 amide bonds. The van der Waals surface area contributed by atoms with Gasteiger partial charge in [-0.25, -0.2) is 0 Å². The fourth-order valence-corrected chi connectivity index (χ4v) is 4.02. The molecule has 0 N–H and O–H groups in total. The minimum absolute atomic E-state index is 0.0505. The van der Waals surface area contributed by atoms with Crippen molar-refractivity contribution < 1.29 is 9.47 Å². The van der Waals surface area contributed by atoms with E-state index in [-0.39, 0.29) is 16.6 Å². The third kappa shape index (κ3) is 9.14. The van der Waals surface area contributed by atoms with Crippen molar-refractivity contribution in [3.05, 3.63) is 29.8 Å². The van der Waals surface area contributed by atoms with E-state index in [4.69, 9.17) is 9.47 Å². The monoisotopic (exact) mass is 376 g/mol. The van der Waals surface area contributed by atoms with Crippen molar-refractivity contribution in [1.82, 2.24) is 0 Å². The highest BCUT2D eigenvalue weighted by molar-refractivity contribution is 5.32. The van der Waals surface area contributed by atoms with E-state index in [1.807, 2.05) is 0 Å². The molecule has 1 aromatic rings. The maximum absolute atomic E-state index is 6.27. The van der Waals surface area contributed by atoms with Crippen molar-refractivity contribution in [2.24, 2.45) is 5.41 Å². The molecule has 2 heteroatoms. The van der Waals surface area contributed by atoms with Gasteiger partial charge in [-0.05, 0) is 69.1 Å². The number of rotatable bonds is 10. The van der Waals surface area contributed by atoms with E-state index in [1.165, 1.54) is 5.56 Å². The zero-order valence-corrected chi connectivity index (χ0v) is 19.7. The molecular weight excluding hydrogens is 332 g/mol. The molecule has 0 radical (unpaired) electrons. The van der Waals surface area contributed by atoms with Gasteiger partial charge in [-0.1, -0.05) is 60.1 Å². The lowest BCUT2D eigenvalue weighted by Crippen LogP contribution is -2.33. The number of ether oxygens (including phenoxy) is 2. The van der Waals surface area contributed by atoms with Crippen molar-refractivity contribution in [3.8, 4) is 5.75 Å². The second kappa shape index (κ2) is 8.99. The molecule has 0 aliphatic carbocycles. The molecule has 0 unspecified atom stereocenters. The van der Waals surface area contributed by atoms with Gasteiger partial charge in [-0.2, -0.15) is 0 Å². The number of hydrogen-bond donors (Lipinski definition) is 0. The zero-order valence-electron chi connectivity index (χ0n) is 19.7. The standard InChI is InChI=1S/C25H44O2/c1-11-16-24(7,8)26-18-17-25(9,10)27-21-14-12-20(13-15-21)23(5,6)19-22(2,3)4/h12-15H,11,16-19H2,1-10H3. The van der Waals surface area contributed by atoms with Crippen molar-refractivity contribution >= 4 is 0 Å². The summed E-state index contributed by atoms with van der Waals surface area (Å²) < 4.78 is 12.3. The smallest absolute Gasteiger partial charge is 0.120 e. The molecular formula is C25H44O2. The first-order valence-electron chi connectivity index (χ1n) is 10.6. The summed E-state index contributed by atoms with van der Waals surface area (Å²) in [4.78, 5) is 0. The molecule has 0 spiro atoms. The lowest BCUT2D eigenvalue weighted by Gasteiger charge is -2.33. The quantitative estimate of drug-likeness (QED) is 0.420. The minimum Gasteiger partial charge on any atom is -0.488 e. The average molecular weight is 377 g/mol. The Morgan fingerprint density at radius 1 is 0.741 bits per heavy atom. The molecule has 0 saturated heterocycles. The normalized spacial score (nSPS) is 13.7. The lowest BCUT2D eigenvalue weighted by atomic mass is 9.72. The second-order valence-electron chi connectivity index (χ2n) is 11.1. The van der Waals surface area contributed by atoms with Crippen LogP contribution in [-0.4, -0.2) is 17.8 Å². The first kappa shape index (κ1) is 24.0. The van der Waals surface area contributed by atoms with E-state index in [0.29, 0.717) is 5.41 Å². The molecule has 0 heterocycles. The average Bonchev–Trinajstić information content (AvgIpc) is 2.44. The third-order valence-corrected chi connectivity index (χ3v) is 5.05. The molecule has 0 atom stereocenters. The van der Waals surface area contributed by atoms with Gasteiger partial charge in [0.2, 0.25) is 0 Å². The Balaban J connectivity index is 2.65. The lowest BCUT2D eigenvalue weighted by molar-refractivity contribution is -0.0452. The van der Waals surface area contributed by atoms with E-state index in [0.717, 1.165) is 38.0 Å². The predicted molar refractivity (Wildman–Crippen MR) is 118 cm³/mol. The minimum atomic E-state index is -0.245. The Labute approximate surface area is 169 Å². The maximum atomic E-state index is 6.27. The van der Waals surface area contributed by atoms with Crippen LogP contribution in [0.5, 0.6) is 5.75 Å². The van der Waals surface area contributed by atoms with E-state index < -0.39 is 0 Å². The summed E-state index contributed by atoms with van der Waals surface area (Å²) in [6.07, 6.45) is 4.25. The van der Waals surface area contributed by atoms with Crippen LogP contribution >= 0.6 is 0 Å². The molecule has 0 aromatic heterocycles. The van der Waals surface area contributed by atoms with Crippen LogP contribution in [0, 0.1) is 5.41 Å². The largest absolute Gasteiger partial charge is 0.488 e. The third-order valence-electron chi connectivity index (χ3n) is 5.05. The van der Waals surface area contributed by atoms with Gasteiger partial charge >= 0.3 is 0 Å². The molecule has 0 bridgehead atoms. The van der Waals surface area contributed by atoms with Crippen molar-refractivity contribution in [2.75, 3.05) is 6.61 Å². The van der Waals surface area contributed by atoms with Gasteiger partial charge in [0.05, 0.1) is 12.2 Å². The van der Waals surface area contributed by atoms with Crippen LogP contribution in [-0.2, 0) is 10.2 Å². The summed E-state index contributed by atoms with van der Waals surface area (Å²) in [7, 11) is 0. The fraction of sp³-hybridized carbons (Fsp3) is 0.760. The Bertz CT molecular complexity index is 559. The SMILES string of the molecule is CCCC(C)(C)OCCC(C)(C)Oc1ccc(C(C)(C)CC(C)(C)C)cc1. The van der Waals surface area contributed by atoms with Crippen LogP contribution in [0.4, 0.5) is 0 Å². The molecule has 156 valence electrons. The summed E-state index contributed by atoms with van der Waals surface area (Å²) >= 11 is 0. The van der Waals surface area contributed by atoms with E-state index >= 15 is 0 Å². The van der Waals surface area contributed by atoms with E-state index in [2.05, 4.69) is 93.5 Å². The molecule has 1 aromatic carbocycles. The van der Waals surface area contributed by atoms with Gasteiger partial charge in [0.15, 0.2) is 0 Å². The van der Waals surface area contributed by atoms with Gasteiger partial charge in [0, 0.05) is 6.42 Å². The van der Waals surface area contributed by atoms with Crippen LogP contribution in [0.1, 0.15) is 100 Å². The molecule has 2 nitrogen and oxygen atoms in total. The van der Waals surface area contributed by atoms with E-state index in [9.17, 15) is 0 Å². The summed E-state index contributed by atoms with van der Waals surface area (Å²) in [5, 5.41) is 0. The van der Waals surface area contributed by atoms with Crippen LogP contribution in [0.3, 0.4) is 0 Å². The number of benzene rings is 1. The van der Waals surface area contributed by atoms with Crippen LogP contribution < -0.4 is 4.74 Å². The Kier molecular flexibility index (Phi) is 7.99. The highest BCUT2D eigenvalue weighted by Gasteiger charge is 2.28.